The van der Waals surface area contributed by atoms with Crippen LogP contribution in [0.4, 0.5) is 5.69 Å². The first-order valence-electron chi connectivity index (χ1n) is 13.2. The molecule has 0 aromatic heterocycles. The van der Waals surface area contributed by atoms with E-state index in [1.165, 1.54) is 5.69 Å². The smallest absolute Gasteiger partial charge is 0.247 e. The van der Waals surface area contributed by atoms with Crippen LogP contribution in [0.25, 0.3) is 6.08 Å². The molecule has 1 N–H and O–H groups in total. The first-order chi connectivity index (χ1) is 17.4. The van der Waals surface area contributed by atoms with Crippen molar-refractivity contribution in [3.63, 3.8) is 0 Å². The lowest BCUT2D eigenvalue weighted by atomic mass is 9.66. The Kier molecular flexibility index (Phi) is 8.24. The van der Waals surface area contributed by atoms with E-state index in [9.17, 15) is 9.90 Å². The summed E-state index contributed by atoms with van der Waals surface area (Å²) in [6.07, 6.45) is 7.98. The van der Waals surface area contributed by atoms with Gasteiger partial charge in [0, 0.05) is 37.3 Å². The zero-order valence-corrected chi connectivity index (χ0v) is 22.1. The fourth-order valence-electron chi connectivity index (χ4n) is 6.03. The quantitative estimate of drug-likeness (QED) is 0.496. The van der Waals surface area contributed by atoms with Gasteiger partial charge < -0.3 is 24.4 Å². The van der Waals surface area contributed by atoms with Crippen LogP contribution in [0.2, 0.25) is 0 Å². The summed E-state index contributed by atoms with van der Waals surface area (Å²) in [5.41, 5.74) is 2.45. The zero-order chi connectivity index (χ0) is 25.7. The van der Waals surface area contributed by atoms with E-state index < -0.39 is 5.60 Å². The molecule has 1 aliphatic carbocycles. The number of hydrogen-bond acceptors (Lipinski definition) is 5. The molecule has 36 heavy (non-hydrogen) atoms. The maximum absolute atomic E-state index is 13.6. The van der Waals surface area contributed by atoms with Crippen LogP contribution in [0.15, 0.2) is 48.5 Å². The minimum atomic E-state index is -0.704. The highest BCUT2D eigenvalue weighted by molar-refractivity contribution is 5.92. The van der Waals surface area contributed by atoms with Gasteiger partial charge in [0.15, 0.2) is 11.5 Å². The highest BCUT2D eigenvalue weighted by Crippen LogP contribution is 2.49. The number of amides is 1. The molecule has 1 saturated heterocycles. The molecule has 2 aromatic rings. The van der Waals surface area contributed by atoms with Crippen LogP contribution in [0.1, 0.15) is 63.1 Å². The number of nitrogens with zero attached hydrogens (tertiary/aromatic N) is 2. The van der Waals surface area contributed by atoms with Gasteiger partial charge in [-0.3, -0.25) is 4.79 Å². The van der Waals surface area contributed by atoms with Crippen LogP contribution in [0.3, 0.4) is 0 Å². The Morgan fingerprint density at radius 2 is 1.78 bits per heavy atom. The number of carbonyl (C=O) groups is 1. The summed E-state index contributed by atoms with van der Waals surface area (Å²) in [4.78, 5) is 17.9. The van der Waals surface area contributed by atoms with Crippen molar-refractivity contribution in [1.29, 1.82) is 0 Å². The third-order valence-electron chi connectivity index (χ3n) is 8.04. The SMILES string of the molecule is CCN(CC)c1ccc([C@H]2[C@@H]3CCCC[C@]3(O)CCN2C(=O)/C=C/c2ccc(OC)c(OC)c2)cc1. The number of ether oxygens (including phenoxy) is 2. The molecule has 1 amide bonds. The molecule has 6 heteroatoms. The molecule has 2 fully saturated rings. The second-order valence-electron chi connectivity index (χ2n) is 9.89. The maximum Gasteiger partial charge on any atom is 0.247 e. The number of methoxy groups -OCH3 is 2. The minimum Gasteiger partial charge on any atom is -0.493 e. The van der Waals surface area contributed by atoms with Gasteiger partial charge in [0.2, 0.25) is 5.91 Å². The molecule has 1 heterocycles. The van der Waals surface area contributed by atoms with Crippen molar-refractivity contribution in [2.45, 2.75) is 57.6 Å². The summed E-state index contributed by atoms with van der Waals surface area (Å²) in [5.74, 6) is 1.29. The Morgan fingerprint density at radius 1 is 1.06 bits per heavy atom. The number of anilines is 1. The zero-order valence-electron chi connectivity index (χ0n) is 22.1. The van der Waals surface area contributed by atoms with Gasteiger partial charge in [-0.05, 0) is 74.6 Å². The van der Waals surface area contributed by atoms with Gasteiger partial charge in [-0.15, -0.1) is 0 Å². The van der Waals surface area contributed by atoms with Gasteiger partial charge in [0.05, 0.1) is 25.9 Å². The number of rotatable bonds is 8. The average molecular weight is 493 g/mol. The van der Waals surface area contributed by atoms with Crippen LogP contribution >= 0.6 is 0 Å². The molecule has 0 bridgehead atoms. The van der Waals surface area contributed by atoms with E-state index in [4.69, 9.17) is 9.47 Å². The fraction of sp³-hybridized carbons (Fsp3) is 0.500. The Labute approximate surface area is 215 Å². The predicted octanol–water partition coefficient (Wildman–Crippen LogP) is 5.46. The standard InChI is InChI=1S/C30H40N2O4/c1-5-31(6-2)24-14-12-23(13-15-24)29-25-9-7-8-18-30(25,34)19-20-32(29)28(33)17-11-22-10-16-26(35-3)27(21-22)36-4/h10-17,21,25,29,34H,5-9,18-20H2,1-4H3/b17-11+/t25-,29-,30-/m0/s1. The second-order valence-corrected chi connectivity index (χ2v) is 9.89. The number of carbonyl (C=O) groups excluding carboxylic acids is 1. The molecule has 0 unspecified atom stereocenters. The van der Waals surface area contributed by atoms with E-state index in [0.717, 1.165) is 49.9 Å². The third kappa shape index (κ3) is 5.24. The lowest BCUT2D eigenvalue weighted by Gasteiger charge is -2.52. The van der Waals surface area contributed by atoms with Crippen molar-refractivity contribution in [3.8, 4) is 11.5 Å². The number of fused-ring (bicyclic) bond motifs is 1. The summed E-state index contributed by atoms with van der Waals surface area (Å²) in [6.45, 7) is 6.77. The lowest BCUT2D eigenvalue weighted by Crippen LogP contribution is -2.56. The van der Waals surface area contributed by atoms with Gasteiger partial charge in [-0.2, -0.15) is 0 Å². The lowest BCUT2D eigenvalue weighted by molar-refractivity contribution is -0.150. The highest BCUT2D eigenvalue weighted by Gasteiger charge is 2.49. The van der Waals surface area contributed by atoms with Crippen LogP contribution in [-0.4, -0.2) is 55.4 Å². The molecule has 4 rings (SSSR count). The summed E-state index contributed by atoms with van der Waals surface area (Å²) in [5, 5.41) is 11.6. The van der Waals surface area contributed by atoms with Crippen LogP contribution in [-0.2, 0) is 4.79 Å². The molecule has 1 aliphatic heterocycles. The molecule has 0 spiro atoms. The Hall–Kier alpha value is -2.99. The van der Waals surface area contributed by atoms with Crippen molar-refractivity contribution in [1.82, 2.24) is 4.90 Å². The summed E-state index contributed by atoms with van der Waals surface area (Å²) in [7, 11) is 3.21. The van der Waals surface area contributed by atoms with Crippen LogP contribution < -0.4 is 14.4 Å². The van der Waals surface area contributed by atoms with Crippen molar-refractivity contribution in [2.75, 3.05) is 38.8 Å². The van der Waals surface area contributed by atoms with Gasteiger partial charge in [0.25, 0.3) is 0 Å². The molecular formula is C30H40N2O4. The molecule has 0 radical (unpaired) electrons. The van der Waals surface area contributed by atoms with E-state index in [1.54, 1.807) is 20.3 Å². The van der Waals surface area contributed by atoms with E-state index >= 15 is 0 Å². The van der Waals surface area contributed by atoms with Crippen molar-refractivity contribution in [2.24, 2.45) is 5.92 Å². The molecule has 3 atom stereocenters. The first-order valence-corrected chi connectivity index (χ1v) is 13.2. The monoisotopic (exact) mass is 492 g/mol. The maximum atomic E-state index is 13.6. The van der Waals surface area contributed by atoms with Crippen molar-refractivity contribution >= 4 is 17.7 Å². The second kappa shape index (κ2) is 11.4. The molecule has 6 nitrogen and oxygen atoms in total. The number of piperidine rings is 1. The van der Waals surface area contributed by atoms with Gasteiger partial charge in [-0.1, -0.05) is 31.0 Å². The number of likely N-dealkylation sites (tertiary alicyclic amines) is 1. The molecule has 194 valence electrons. The predicted molar refractivity (Wildman–Crippen MR) is 145 cm³/mol. The van der Waals surface area contributed by atoms with Crippen molar-refractivity contribution < 1.29 is 19.4 Å². The molecule has 2 aromatic carbocycles. The Balaban J connectivity index is 1.63. The summed E-state index contributed by atoms with van der Waals surface area (Å²) in [6, 6.07) is 14.1. The van der Waals surface area contributed by atoms with E-state index in [1.807, 2.05) is 29.2 Å². The van der Waals surface area contributed by atoms with E-state index in [-0.39, 0.29) is 17.9 Å². The largest absolute Gasteiger partial charge is 0.493 e. The Bertz CT molecular complexity index is 1060. The topological polar surface area (TPSA) is 62.2 Å². The van der Waals surface area contributed by atoms with E-state index in [2.05, 4.69) is 43.0 Å². The third-order valence-corrected chi connectivity index (χ3v) is 8.04. The van der Waals surface area contributed by atoms with Crippen LogP contribution in [0.5, 0.6) is 11.5 Å². The van der Waals surface area contributed by atoms with E-state index in [0.29, 0.717) is 24.5 Å². The highest BCUT2D eigenvalue weighted by atomic mass is 16.5. The van der Waals surface area contributed by atoms with Gasteiger partial charge in [-0.25, -0.2) is 0 Å². The summed E-state index contributed by atoms with van der Waals surface area (Å²) >= 11 is 0. The molecular weight excluding hydrogens is 452 g/mol. The minimum absolute atomic E-state index is 0.0322. The summed E-state index contributed by atoms with van der Waals surface area (Å²) < 4.78 is 10.7. The average Bonchev–Trinajstić information content (AvgIpc) is 2.91. The van der Waals surface area contributed by atoms with Gasteiger partial charge in [0.1, 0.15) is 0 Å². The normalized spacial score (nSPS) is 23.9. The molecule has 1 saturated carbocycles. The van der Waals surface area contributed by atoms with Crippen LogP contribution in [0, 0.1) is 5.92 Å². The number of hydrogen-bond donors (Lipinski definition) is 1. The van der Waals surface area contributed by atoms with Crippen molar-refractivity contribution in [3.05, 3.63) is 59.7 Å². The first kappa shape index (κ1) is 26.1. The van der Waals surface area contributed by atoms with Gasteiger partial charge >= 0.3 is 0 Å². The fourth-order valence-corrected chi connectivity index (χ4v) is 6.03. The number of aliphatic hydroxyl groups is 1. The number of benzene rings is 2. The molecule has 2 aliphatic rings. The Morgan fingerprint density at radius 3 is 2.44 bits per heavy atom.